The van der Waals surface area contributed by atoms with E-state index in [1.165, 1.54) is 24.0 Å². The second-order valence-corrected chi connectivity index (χ2v) is 5.49. The van der Waals surface area contributed by atoms with Crippen LogP contribution in [0, 0.1) is 0 Å². The minimum absolute atomic E-state index is 0.483. The molecule has 0 amide bonds. The molecule has 1 aromatic carbocycles. The zero-order valence-corrected chi connectivity index (χ0v) is 12.7. The average Bonchev–Trinajstić information content (AvgIpc) is 2.69. The maximum absolute atomic E-state index is 5.61. The fourth-order valence-corrected chi connectivity index (χ4v) is 2.67. The van der Waals surface area contributed by atoms with Gasteiger partial charge in [0.15, 0.2) is 0 Å². The van der Waals surface area contributed by atoms with E-state index in [2.05, 4.69) is 41.8 Å². The highest BCUT2D eigenvalue weighted by Crippen LogP contribution is 2.23. The first-order valence-corrected chi connectivity index (χ1v) is 8.01. The molecule has 0 radical (unpaired) electrons. The summed E-state index contributed by atoms with van der Waals surface area (Å²) in [5.74, 6) is 0. The zero-order chi connectivity index (χ0) is 14.0. The molecule has 0 aromatic heterocycles. The molecule has 3 heteroatoms. The summed E-state index contributed by atoms with van der Waals surface area (Å²) >= 11 is 0. The van der Waals surface area contributed by atoms with E-state index in [9.17, 15) is 0 Å². The van der Waals surface area contributed by atoms with Crippen LogP contribution >= 0.6 is 0 Å². The number of unbranched alkanes of at least 4 members (excludes halogenated alkanes) is 1. The fourth-order valence-electron chi connectivity index (χ4n) is 2.67. The van der Waals surface area contributed by atoms with E-state index in [1.807, 2.05) is 0 Å². The number of fused-ring (bicyclic) bond motifs is 1. The molecule has 1 unspecified atom stereocenters. The number of hydrogen-bond acceptors (Lipinski definition) is 3. The highest BCUT2D eigenvalue weighted by Gasteiger charge is 2.16. The van der Waals surface area contributed by atoms with E-state index in [0.29, 0.717) is 6.04 Å². The Bertz CT molecular complexity index is 381. The first-order chi connectivity index (χ1) is 9.92. The van der Waals surface area contributed by atoms with Crippen LogP contribution < -0.4 is 10.6 Å². The van der Waals surface area contributed by atoms with Crippen molar-refractivity contribution in [3.05, 3.63) is 35.4 Å². The summed E-state index contributed by atoms with van der Waals surface area (Å²) in [6.07, 6.45) is 4.64. The molecule has 1 aliphatic rings. The highest BCUT2D eigenvalue weighted by molar-refractivity contribution is 5.30. The first-order valence-electron chi connectivity index (χ1n) is 8.01. The van der Waals surface area contributed by atoms with Gasteiger partial charge in [-0.15, -0.1) is 0 Å². The lowest BCUT2D eigenvalue weighted by atomic mass is 9.99. The molecule has 3 nitrogen and oxygen atoms in total. The predicted octanol–water partition coefficient (Wildman–Crippen LogP) is 3.02. The Labute approximate surface area is 123 Å². The average molecular weight is 276 g/mol. The van der Waals surface area contributed by atoms with Crippen LogP contribution in [0.3, 0.4) is 0 Å². The first kappa shape index (κ1) is 15.5. The van der Waals surface area contributed by atoms with Crippen molar-refractivity contribution in [1.82, 2.24) is 10.6 Å². The van der Waals surface area contributed by atoms with Crippen LogP contribution in [-0.2, 0) is 11.3 Å². The third-order valence-corrected chi connectivity index (χ3v) is 3.85. The topological polar surface area (TPSA) is 33.3 Å². The smallest absolute Gasteiger partial charge is 0.0478 e. The van der Waals surface area contributed by atoms with Crippen molar-refractivity contribution in [2.24, 2.45) is 0 Å². The molecule has 1 heterocycles. The van der Waals surface area contributed by atoms with Gasteiger partial charge in [0.05, 0.1) is 0 Å². The van der Waals surface area contributed by atoms with Gasteiger partial charge in [0.2, 0.25) is 0 Å². The van der Waals surface area contributed by atoms with Crippen molar-refractivity contribution in [1.29, 1.82) is 0 Å². The van der Waals surface area contributed by atoms with E-state index in [-0.39, 0.29) is 0 Å². The molecule has 0 bridgehead atoms. The van der Waals surface area contributed by atoms with Gasteiger partial charge in [-0.3, -0.25) is 0 Å². The normalized spacial score (nSPS) is 18.6. The molecule has 0 saturated heterocycles. The monoisotopic (exact) mass is 276 g/mol. The number of benzene rings is 1. The van der Waals surface area contributed by atoms with Crippen molar-refractivity contribution in [3.8, 4) is 0 Å². The second kappa shape index (κ2) is 9.11. The van der Waals surface area contributed by atoms with Crippen LogP contribution in [-0.4, -0.2) is 26.3 Å². The van der Waals surface area contributed by atoms with Gasteiger partial charge in [0, 0.05) is 25.8 Å². The lowest BCUT2D eigenvalue weighted by molar-refractivity contribution is 0.128. The highest BCUT2D eigenvalue weighted by atomic mass is 16.5. The summed E-state index contributed by atoms with van der Waals surface area (Å²) in [6, 6.07) is 9.25. The van der Waals surface area contributed by atoms with Crippen molar-refractivity contribution in [3.63, 3.8) is 0 Å². The molecular formula is C17H28N2O. The summed E-state index contributed by atoms with van der Waals surface area (Å²) in [4.78, 5) is 0. The van der Waals surface area contributed by atoms with Gasteiger partial charge in [0.1, 0.15) is 0 Å². The number of ether oxygens (including phenoxy) is 1. The molecule has 1 aliphatic heterocycles. The third-order valence-electron chi connectivity index (χ3n) is 3.85. The Morgan fingerprint density at radius 2 is 2.10 bits per heavy atom. The molecule has 20 heavy (non-hydrogen) atoms. The Balaban J connectivity index is 1.72. The van der Waals surface area contributed by atoms with Crippen LogP contribution in [0.4, 0.5) is 0 Å². The summed E-state index contributed by atoms with van der Waals surface area (Å²) in [7, 11) is 0. The fraction of sp³-hybridized carbons (Fsp3) is 0.647. The zero-order valence-electron chi connectivity index (χ0n) is 12.7. The maximum atomic E-state index is 5.61. The molecule has 2 N–H and O–H groups in total. The number of hydrogen-bond donors (Lipinski definition) is 2. The molecule has 0 fully saturated rings. The lowest BCUT2D eigenvalue weighted by Gasteiger charge is -2.19. The summed E-state index contributed by atoms with van der Waals surface area (Å²) < 4.78 is 5.61. The van der Waals surface area contributed by atoms with Crippen LogP contribution in [0.2, 0.25) is 0 Å². The van der Waals surface area contributed by atoms with Crippen LogP contribution in [0.1, 0.15) is 49.8 Å². The van der Waals surface area contributed by atoms with Gasteiger partial charge in [-0.25, -0.2) is 0 Å². The molecule has 2 rings (SSSR count). The Kier molecular flexibility index (Phi) is 7.06. The Hall–Kier alpha value is -0.900. The molecular weight excluding hydrogens is 248 g/mol. The minimum atomic E-state index is 0.483. The van der Waals surface area contributed by atoms with Gasteiger partial charge < -0.3 is 15.4 Å². The van der Waals surface area contributed by atoms with Gasteiger partial charge in [-0.05, 0) is 43.5 Å². The Morgan fingerprint density at radius 3 is 3.00 bits per heavy atom. The van der Waals surface area contributed by atoms with E-state index in [4.69, 9.17) is 4.74 Å². The number of rotatable bonds is 8. The third kappa shape index (κ3) is 4.89. The molecule has 1 aromatic rings. The molecule has 0 spiro atoms. The number of nitrogens with one attached hydrogen (secondary N) is 2. The van der Waals surface area contributed by atoms with E-state index in [0.717, 1.165) is 45.7 Å². The second-order valence-electron chi connectivity index (χ2n) is 5.49. The molecule has 1 atom stereocenters. The standard InChI is InChI=1S/C17H28N2O/c1-2-3-12-20-13-6-10-19-17-9-11-18-14-15-7-4-5-8-16(15)17/h4-5,7-8,17-19H,2-3,6,9-14H2,1H3. The maximum Gasteiger partial charge on any atom is 0.0478 e. The molecule has 112 valence electrons. The van der Waals surface area contributed by atoms with E-state index >= 15 is 0 Å². The van der Waals surface area contributed by atoms with Crippen molar-refractivity contribution in [2.45, 2.75) is 45.2 Å². The quantitative estimate of drug-likeness (QED) is 0.716. The summed E-state index contributed by atoms with van der Waals surface area (Å²) in [5.41, 5.74) is 2.89. The van der Waals surface area contributed by atoms with Crippen LogP contribution in [0.25, 0.3) is 0 Å². The van der Waals surface area contributed by atoms with Crippen molar-refractivity contribution in [2.75, 3.05) is 26.3 Å². The van der Waals surface area contributed by atoms with Gasteiger partial charge in [-0.1, -0.05) is 37.6 Å². The lowest BCUT2D eigenvalue weighted by Crippen LogP contribution is -2.25. The molecule has 0 aliphatic carbocycles. The van der Waals surface area contributed by atoms with Crippen LogP contribution in [0.5, 0.6) is 0 Å². The SMILES string of the molecule is CCCCOCCCNC1CCNCc2ccccc21. The van der Waals surface area contributed by atoms with Crippen molar-refractivity contribution < 1.29 is 4.74 Å². The largest absolute Gasteiger partial charge is 0.381 e. The summed E-state index contributed by atoms with van der Waals surface area (Å²) in [6.45, 7) is 7.09. The van der Waals surface area contributed by atoms with Gasteiger partial charge in [0.25, 0.3) is 0 Å². The summed E-state index contributed by atoms with van der Waals surface area (Å²) in [5, 5.41) is 7.18. The van der Waals surface area contributed by atoms with Crippen molar-refractivity contribution >= 4 is 0 Å². The van der Waals surface area contributed by atoms with E-state index in [1.54, 1.807) is 0 Å². The van der Waals surface area contributed by atoms with E-state index < -0.39 is 0 Å². The van der Waals surface area contributed by atoms with Gasteiger partial charge in [-0.2, -0.15) is 0 Å². The minimum Gasteiger partial charge on any atom is -0.381 e. The Morgan fingerprint density at radius 1 is 1.25 bits per heavy atom. The van der Waals surface area contributed by atoms with Crippen LogP contribution in [0.15, 0.2) is 24.3 Å². The predicted molar refractivity (Wildman–Crippen MR) is 83.9 cm³/mol. The van der Waals surface area contributed by atoms with Gasteiger partial charge >= 0.3 is 0 Å². The molecule has 0 saturated carbocycles.